The lowest BCUT2D eigenvalue weighted by atomic mass is 9.82. The molecular weight excluding hydrogens is 234 g/mol. The molecule has 0 spiro atoms. The first-order chi connectivity index (χ1) is 7.84. The molecule has 0 aromatic rings. The van der Waals surface area contributed by atoms with E-state index in [1.165, 1.54) is 5.57 Å². The van der Waals surface area contributed by atoms with Gasteiger partial charge >= 0.3 is 0 Å². The molecule has 0 aromatic carbocycles. The molecule has 0 radical (unpaired) electrons. The molecule has 98 valence electrons. The minimum atomic E-state index is -0.312. The highest BCUT2D eigenvalue weighted by Gasteiger charge is 2.27. The first-order valence-corrected chi connectivity index (χ1v) is 6.45. The van der Waals surface area contributed by atoms with Crippen LogP contribution in [0, 0.1) is 5.92 Å². The number of rotatable bonds is 3. The summed E-state index contributed by atoms with van der Waals surface area (Å²) in [5.41, 5.74) is 7.17. The standard InChI is InChI=1S/C13H24ClN3/c1-13(2,15)12(8-16-3)10-5-6-17(4)9-11(14)7-10/h8-10,16H,5-7,15H2,1-4H3/b12-8+. The van der Waals surface area contributed by atoms with Crippen LogP contribution < -0.4 is 11.1 Å². The average molecular weight is 258 g/mol. The summed E-state index contributed by atoms with van der Waals surface area (Å²) in [7, 11) is 3.96. The van der Waals surface area contributed by atoms with Crippen LogP contribution in [0.1, 0.15) is 26.7 Å². The maximum Gasteiger partial charge on any atom is 0.0345 e. The topological polar surface area (TPSA) is 41.3 Å². The fourth-order valence-electron chi connectivity index (χ4n) is 2.30. The van der Waals surface area contributed by atoms with Crippen LogP contribution in [-0.4, -0.2) is 31.1 Å². The number of hydrogen-bond acceptors (Lipinski definition) is 3. The van der Waals surface area contributed by atoms with Gasteiger partial charge in [0, 0.05) is 37.4 Å². The van der Waals surface area contributed by atoms with E-state index in [9.17, 15) is 0 Å². The third-order valence-corrected chi connectivity index (χ3v) is 3.37. The smallest absolute Gasteiger partial charge is 0.0345 e. The van der Waals surface area contributed by atoms with E-state index in [2.05, 4.69) is 17.3 Å². The van der Waals surface area contributed by atoms with E-state index in [1.54, 1.807) is 0 Å². The zero-order valence-electron chi connectivity index (χ0n) is 11.3. The molecule has 0 aromatic heterocycles. The Bertz CT molecular complexity index is 315. The van der Waals surface area contributed by atoms with Gasteiger partial charge in [-0.3, -0.25) is 0 Å². The van der Waals surface area contributed by atoms with Crippen LogP contribution in [0.3, 0.4) is 0 Å². The Balaban J connectivity index is 2.90. The van der Waals surface area contributed by atoms with Crippen molar-refractivity contribution in [3.8, 4) is 0 Å². The van der Waals surface area contributed by atoms with E-state index < -0.39 is 0 Å². The van der Waals surface area contributed by atoms with Gasteiger partial charge in [-0.1, -0.05) is 11.6 Å². The minimum Gasteiger partial charge on any atom is -0.394 e. The van der Waals surface area contributed by atoms with E-state index in [0.717, 1.165) is 24.4 Å². The van der Waals surface area contributed by atoms with Gasteiger partial charge in [0.2, 0.25) is 0 Å². The third kappa shape index (κ3) is 4.25. The van der Waals surface area contributed by atoms with Crippen molar-refractivity contribution in [2.24, 2.45) is 11.7 Å². The van der Waals surface area contributed by atoms with Gasteiger partial charge in [0.15, 0.2) is 0 Å². The highest BCUT2D eigenvalue weighted by atomic mass is 35.5. The quantitative estimate of drug-likeness (QED) is 0.815. The van der Waals surface area contributed by atoms with Gasteiger partial charge in [0.05, 0.1) is 0 Å². The number of nitrogens with zero attached hydrogens (tertiary/aromatic N) is 1. The molecule has 0 bridgehead atoms. The summed E-state index contributed by atoms with van der Waals surface area (Å²) in [6, 6.07) is 0. The molecule has 3 N–H and O–H groups in total. The lowest BCUT2D eigenvalue weighted by molar-refractivity contribution is 0.397. The molecule has 1 aliphatic heterocycles. The van der Waals surface area contributed by atoms with Crippen LogP contribution in [0.5, 0.6) is 0 Å². The molecule has 17 heavy (non-hydrogen) atoms. The minimum absolute atomic E-state index is 0.312. The predicted molar refractivity (Wildman–Crippen MR) is 74.7 cm³/mol. The molecule has 0 fully saturated rings. The zero-order valence-corrected chi connectivity index (χ0v) is 12.0. The van der Waals surface area contributed by atoms with E-state index in [0.29, 0.717) is 5.92 Å². The monoisotopic (exact) mass is 257 g/mol. The number of nitrogens with two attached hydrogens (primary N) is 1. The van der Waals surface area contributed by atoms with E-state index in [-0.39, 0.29) is 5.54 Å². The summed E-state index contributed by atoms with van der Waals surface area (Å²) in [6.07, 6.45) is 6.00. The SMILES string of the molecule is CN/C=C(\C1CCN(C)C=C(Cl)C1)C(C)(C)N. The largest absolute Gasteiger partial charge is 0.394 e. The molecule has 1 heterocycles. The van der Waals surface area contributed by atoms with E-state index in [1.807, 2.05) is 33.3 Å². The highest BCUT2D eigenvalue weighted by Crippen LogP contribution is 2.32. The maximum atomic E-state index is 6.24. The van der Waals surface area contributed by atoms with Gasteiger partial charge in [-0.15, -0.1) is 0 Å². The molecular formula is C13H24ClN3. The highest BCUT2D eigenvalue weighted by molar-refractivity contribution is 6.29. The molecule has 4 heteroatoms. The van der Waals surface area contributed by atoms with E-state index in [4.69, 9.17) is 17.3 Å². The predicted octanol–water partition coefficient (Wildman–Crippen LogP) is 2.25. The summed E-state index contributed by atoms with van der Waals surface area (Å²) in [5, 5.41) is 4.00. The first kappa shape index (κ1) is 14.4. The normalized spacial score (nSPS) is 23.2. The van der Waals surface area contributed by atoms with Crippen LogP contribution in [0.25, 0.3) is 0 Å². The first-order valence-electron chi connectivity index (χ1n) is 6.07. The number of hydrogen-bond donors (Lipinski definition) is 2. The van der Waals surface area contributed by atoms with Gasteiger partial charge in [-0.05, 0) is 44.4 Å². The van der Waals surface area contributed by atoms with Crippen molar-refractivity contribution >= 4 is 11.6 Å². The average Bonchev–Trinajstić information content (AvgIpc) is 2.34. The fraction of sp³-hybridized carbons (Fsp3) is 0.692. The van der Waals surface area contributed by atoms with Crippen LogP contribution in [0.4, 0.5) is 0 Å². The second-order valence-corrected chi connectivity index (χ2v) is 5.84. The molecule has 1 atom stereocenters. The van der Waals surface area contributed by atoms with Crippen LogP contribution in [-0.2, 0) is 0 Å². The van der Waals surface area contributed by atoms with Crippen molar-refractivity contribution < 1.29 is 0 Å². The Labute approximate surface area is 110 Å². The zero-order chi connectivity index (χ0) is 13.1. The van der Waals surface area contributed by atoms with E-state index >= 15 is 0 Å². The van der Waals surface area contributed by atoms with Crippen molar-refractivity contribution in [2.45, 2.75) is 32.2 Å². The number of nitrogens with one attached hydrogen (secondary N) is 1. The fourth-order valence-corrected chi connectivity index (χ4v) is 2.66. The van der Waals surface area contributed by atoms with Crippen molar-refractivity contribution in [3.63, 3.8) is 0 Å². The Morgan fingerprint density at radius 1 is 1.65 bits per heavy atom. The number of allylic oxidation sites excluding steroid dienone is 1. The molecule has 1 unspecified atom stereocenters. The van der Waals surface area contributed by atoms with Crippen molar-refractivity contribution in [3.05, 3.63) is 23.0 Å². The lowest BCUT2D eigenvalue weighted by Gasteiger charge is -2.30. The molecule has 1 aliphatic rings. The van der Waals surface area contributed by atoms with Gasteiger partial charge in [-0.2, -0.15) is 0 Å². The molecule has 0 aliphatic carbocycles. The molecule has 0 amide bonds. The third-order valence-electron chi connectivity index (χ3n) is 3.12. The lowest BCUT2D eigenvalue weighted by Crippen LogP contribution is -2.38. The van der Waals surface area contributed by atoms with Gasteiger partial charge < -0.3 is 16.0 Å². The van der Waals surface area contributed by atoms with Crippen LogP contribution in [0.15, 0.2) is 23.0 Å². The molecule has 0 saturated carbocycles. The molecule has 0 saturated heterocycles. The Hall–Kier alpha value is -0.670. The molecule has 3 nitrogen and oxygen atoms in total. The van der Waals surface area contributed by atoms with Crippen molar-refractivity contribution in [1.29, 1.82) is 0 Å². The summed E-state index contributed by atoms with van der Waals surface area (Å²) in [5.74, 6) is 0.413. The second kappa shape index (κ2) is 5.78. The summed E-state index contributed by atoms with van der Waals surface area (Å²) in [4.78, 5) is 2.14. The molecule has 1 rings (SSSR count). The van der Waals surface area contributed by atoms with Gasteiger partial charge in [0.25, 0.3) is 0 Å². The summed E-state index contributed by atoms with van der Waals surface area (Å²) >= 11 is 6.24. The Morgan fingerprint density at radius 3 is 2.82 bits per heavy atom. The Morgan fingerprint density at radius 2 is 2.29 bits per heavy atom. The van der Waals surface area contributed by atoms with Crippen LogP contribution in [0.2, 0.25) is 0 Å². The van der Waals surface area contributed by atoms with Gasteiger partial charge in [0.1, 0.15) is 0 Å². The summed E-state index contributed by atoms with van der Waals surface area (Å²) in [6.45, 7) is 5.10. The summed E-state index contributed by atoms with van der Waals surface area (Å²) < 4.78 is 0. The van der Waals surface area contributed by atoms with Crippen LogP contribution >= 0.6 is 11.6 Å². The van der Waals surface area contributed by atoms with Crippen molar-refractivity contribution in [1.82, 2.24) is 10.2 Å². The maximum absolute atomic E-state index is 6.24. The Kier molecular flexibility index (Phi) is 4.90. The van der Waals surface area contributed by atoms with Gasteiger partial charge in [-0.25, -0.2) is 0 Å². The second-order valence-electron chi connectivity index (χ2n) is 5.36. The van der Waals surface area contributed by atoms with Crippen molar-refractivity contribution in [2.75, 3.05) is 20.6 Å². The number of halogens is 1.